The molecule has 10 rings (SSSR count). The molecule has 0 bridgehead atoms. The maximum absolute atomic E-state index is 11.4. The quantitative estimate of drug-likeness (QED) is 0.0400. The van der Waals surface area contributed by atoms with Crippen LogP contribution in [0.15, 0.2) is 225 Å². The minimum absolute atomic E-state index is 0.102. The number of thioether (sulfide) groups is 1. The Bertz CT molecular complexity index is 2960. The van der Waals surface area contributed by atoms with Crippen molar-refractivity contribution >= 4 is 11.8 Å². The molecule has 3 saturated heterocycles. The third kappa shape index (κ3) is 18.1. The summed E-state index contributed by atoms with van der Waals surface area (Å²) in [7, 11) is 0. The van der Waals surface area contributed by atoms with Crippen LogP contribution in [0, 0.1) is 0 Å². The van der Waals surface area contributed by atoms with Crippen LogP contribution in [0.4, 0.5) is 0 Å². The first-order valence-electron chi connectivity index (χ1n) is 29.8. The van der Waals surface area contributed by atoms with E-state index in [-0.39, 0.29) is 52.9 Å². The minimum atomic E-state index is -1.19. The van der Waals surface area contributed by atoms with E-state index in [2.05, 4.69) is 13.5 Å². The van der Waals surface area contributed by atoms with Crippen LogP contribution in [0.25, 0.3) is 0 Å². The highest BCUT2D eigenvalue weighted by molar-refractivity contribution is 7.99. The van der Waals surface area contributed by atoms with Crippen LogP contribution in [0.3, 0.4) is 0 Å². The molecular weight excluding hydrogens is 1110 g/mol. The summed E-state index contributed by atoms with van der Waals surface area (Å²) in [6, 6.07) is 69.8. The number of aliphatic hydroxyl groups excluding tert-OH is 1. The smallest absolute Gasteiger partial charge is 0.187 e. The Kier molecular flexibility index (Phi) is 24.9. The lowest BCUT2D eigenvalue weighted by Crippen LogP contribution is -2.67. The van der Waals surface area contributed by atoms with Crippen molar-refractivity contribution in [2.24, 2.45) is 0 Å². The molecule has 0 aliphatic carbocycles. The molecule has 14 nitrogen and oxygen atoms in total. The van der Waals surface area contributed by atoms with Gasteiger partial charge in [-0.15, -0.1) is 18.3 Å². The van der Waals surface area contributed by atoms with Crippen molar-refractivity contribution in [1.29, 1.82) is 0 Å². The third-order valence-electron chi connectivity index (χ3n) is 15.2. The fraction of sp³-hybridized carbons (Fsp3) is 0.380. The second-order valence-electron chi connectivity index (χ2n) is 21.4. The summed E-state index contributed by atoms with van der Waals surface area (Å²) < 4.78 is 91.2. The summed E-state index contributed by atoms with van der Waals surface area (Å²) in [6.45, 7) is 7.79. The van der Waals surface area contributed by atoms with E-state index in [0.29, 0.717) is 19.0 Å². The van der Waals surface area contributed by atoms with Crippen LogP contribution >= 0.6 is 11.8 Å². The number of hydrogen-bond donors (Lipinski definition) is 1. The van der Waals surface area contributed by atoms with E-state index in [4.69, 9.17) is 61.6 Å². The van der Waals surface area contributed by atoms with Gasteiger partial charge in [-0.25, -0.2) is 0 Å². The van der Waals surface area contributed by atoms with Crippen molar-refractivity contribution in [3.8, 4) is 0 Å². The van der Waals surface area contributed by atoms with Gasteiger partial charge in [-0.3, -0.25) is 0 Å². The summed E-state index contributed by atoms with van der Waals surface area (Å²) in [6.07, 6.45) is -9.75. The summed E-state index contributed by atoms with van der Waals surface area (Å²) >= 11 is 1.56. The van der Waals surface area contributed by atoms with Gasteiger partial charge in [-0.05, 0) is 44.7 Å². The van der Waals surface area contributed by atoms with E-state index >= 15 is 0 Å². The predicted molar refractivity (Wildman–Crippen MR) is 328 cm³/mol. The molecule has 0 amide bonds. The lowest BCUT2D eigenvalue weighted by atomic mass is 9.96. The second-order valence-corrected chi connectivity index (χ2v) is 22.7. The van der Waals surface area contributed by atoms with Crippen LogP contribution < -0.4 is 0 Å². The number of aliphatic hydroxyl groups is 1. The van der Waals surface area contributed by atoms with Crippen molar-refractivity contribution in [3.63, 3.8) is 0 Å². The molecule has 7 aromatic carbocycles. The number of ether oxygens (including phenoxy) is 13. The Labute approximate surface area is 510 Å². The lowest BCUT2D eigenvalue weighted by molar-refractivity contribution is -0.368. The molecule has 3 aliphatic rings. The minimum Gasteiger partial charge on any atom is -0.394 e. The van der Waals surface area contributed by atoms with Gasteiger partial charge >= 0.3 is 0 Å². The van der Waals surface area contributed by atoms with E-state index in [1.807, 2.05) is 212 Å². The van der Waals surface area contributed by atoms with Crippen LogP contribution in [0.1, 0.15) is 45.9 Å². The molecule has 0 saturated carbocycles. The Morgan fingerprint density at radius 3 is 1.24 bits per heavy atom. The highest BCUT2D eigenvalue weighted by atomic mass is 32.2. The maximum Gasteiger partial charge on any atom is 0.187 e. The van der Waals surface area contributed by atoms with Gasteiger partial charge in [0.1, 0.15) is 72.6 Å². The van der Waals surface area contributed by atoms with Crippen molar-refractivity contribution in [2.75, 3.05) is 32.2 Å². The van der Waals surface area contributed by atoms with Crippen LogP contribution in [-0.2, 0) is 108 Å². The van der Waals surface area contributed by atoms with E-state index in [0.717, 1.165) is 38.9 Å². The molecule has 7 aromatic rings. The van der Waals surface area contributed by atoms with Crippen molar-refractivity contribution in [2.45, 2.75) is 138 Å². The van der Waals surface area contributed by atoms with Gasteiger partial charge in [0.25, 0.3) is 0 Å². The zero-order valence-electron chi connectivity index (χ0n) is 48.7. The van der Waals surface area contributed by atoms with Crippen molar-refractivity contribution < 1.29 is 66.7 Å². The summed E-state index contributed by atoms with van der Waals surface area (Å²) in [4.78, 5) is 0. The molecule has 86 heavy (non-hydrogen) atoms. The second kappa shape index (κ2) is 34.0. The number of hydrogen-bond acceptors (Lipinski definition) is 15. The summed E-state index contributed by atoms with van der Waals surface area (Å²) in [5.41, 5.74) is 6.06. The molecule has 3 heterocycles. The molecular formula is C71H80O14S. The molecule has 14 atom stereocenters. The van der Waals surface area contributed by atoms with E-state index in [1.54, 1.807) is 17.8 Å². The standard InChI is InChI=1S/C71H80O14S/c1-3-40-74-65-63(84-69-66(79-47-56-36-22-10-23-37-56)62(77-45-54-32-18-8-19-33-54)59(50-81-69)75-43-52-28-14-6-15-29-52)60(49-73-42-51-26-12-5-13-27-51)83-71(86-4-2)68(65)85-70-67(80-48-57-38-24-11-25-39-57)64(78-46-55-34-20-9-21-35-55)61(58(41-72)82-70)76-44-53-30-16-7-17-31-53/h3,5-39,58-72H,1,4,40-50H2,2H3/t58-,59-,60-,61-,62+,63-,64+,65+,66-,67-,68+,69+,70+,71-/m1/s1. The average Bonchev–Trinajstić information content (AvgIpc) is 2.05. The summed E-state index contributed by atoms with van der Waals surface area (Å²) in [5.74, 6) is 0.644. The lowest BCUT2D eigenvalue weighted by Gasteiger charge is -2.51. The molecule has 454 valence electrons. The first-order valence-corrected chi connectivity index (χ1v) is 30.8. The first-order chi connectivity index (χ1) is 42.5. The fourth-order valence-electron chi connectivity index (χ4n) is 10.9. The Balaban J connectivity index is 1.02. The Morgan fingerprint density at radius 2 is 0.802 bits per heavy atom. The van der Waals surface area contributed by atoms with Crippen LogP contribution in [0.5, 0.6) is 0 Å². The van der Waals surface area contributed by atoms with Crippen molar-refractivity contribution in [1.82, 2.24) is 0 Å². The molecule has 0 aromatic heterocycles. The predicted octanol–water partition coefficient (Wildman–Crippen LogP) is 11.6. The molecule has 1 N–H and O–H groups in total. The molecule has 0 radical (unpaired) electrons. The molecule has 0 unspecified atom stereocenters. The average molecular weight is 1190 g/mol. The first kappa shape index (κ1) is 63.1. The SMILES string of the molecule is C=CCO[C@@H]1[C@H](O[C@@H]2O[C@H](CO)[C@@H](OCc3ccccc3)[C@H](OCc3ccccc3)[C@H]2OCc2ccccc2)[C@@H](SCC)O[C@H](COCc2ccccc2)[C@H]1O[C@@H]1OC[C@@H](OCc2ccccc2)[C@H](OCc2ccccc2)[C@H]1OCc1ccccc1. The van der Waals surface area contributed by atoms with E-state index < -0.39 is 91.8 Å². The van der Waals surface area contributed by atoms with E-state index in [9.17, 15) is 5.11 Å². The molecule has 0 spiro atoms. The number of benzene rings is 7. The summed E-state index contributed by atoms with van der Waals surface area (Å²) in [5, 5.41) is 11.4. The highest BCUT2D eigenvalue weighted by Gasteiger charge is 2.56. The Morgan fingerprint density at radius 1 is 0.419 bits per heavy atom. The van der Waals surface area contributed by atoms with Gasteiger partial charge in [0, 0.05) is 0 Å². The maximum atomic E-state index is 11.4. The van der Waals surface area contributed by atoms with Gasteiger partial charge < -0.3 is 66.7 Å². The highest BCUT2D eigenvalue weighted by Crippen LogP contribution is 2.40. The zero-order chi connectivity index (χ0) is 59.0. The topological polar surface area (TPSA) is 140 Å². The monoisotopic (exact) mass is 1190 g/mol. The Hall–Kier alpha value is -5.93. The van der Waals surface area contributed by atoms with Gasteiger partial charge in [0.05, 0.1) is 72.7 Å². The van der Waals surface area contributed by atoms with E-state index in [1.165, 1.54) is 0 Å². The number of rotatable bonds is 32. The fourth-order valence-corrected chi connectivity index (χ4v) is 11.8. The molecule has 3 fully saturated rings. The van der Waals surface area contributed by atoms with Crippen LogP contribution in [-0.4, -0.2) is 122 Å². The largest absolute Gasteiger partial charge is 0.394 e. The van der Waals surface area contributed by atoms with Crippen molar-refractivity contribution in [3.05, 3.63) is 264 Å². The molecule has 15 heteroatoms. The van der Waals surface area contributed by atoms with Gasteiger partial charge in [-0.2, -0.15) is 0 Å². The van der Waals surface area contributed by atoms with Gasteiger partial charge in [0.2, 0.25) is 0 Å². The zero-order valence-corrected chi connectivity index (χ0v) is 49.5. The van der Waals surface area contributed by atoms with Crippen LogP contribution in [0.2, 0.25) is 0 Å². The normalized spacial score (nSPS) is 26.7. The van der Waals surface area contributed by atoms with Gasteiger partial charge in [0.15, 0.2) is 12.6 Å². The third-order valence-corrected chi connectivity index (χ3v) is 16.2. The van der Waals surface area contributed by atoms with Gasteiger partial charge in [-0.1, -0.05) is 225 Å². The molecule has 3 aliphatic heterocycles.